The number of halogens is 1. The van der Waals surface area contributed by atoms with Crippen molar-refractivity contribution in [3.05, 3.63) is 59.7 Å². The summed E-state index contributed by atoms with van der Waals surface area (Å²) in [6.45, 7) is 2.60. The maximum atomic E-state index is 14.2. The predicted octanol–water partition coefficient (Wildman–Crippen LogP) is 6.74. The quantitative estimate of drug-likeness (QED) is 0.380. The number of fused-ring (bicyclic) bond motifs is 1. The van der Waals surface area contributed by atoms with Gasteiger partial charge in [-0.2, -0.15) is 0 Å². The molecule has 5 rings (SSSR count). The van der Waals surface area contributed by atoms with E-state index >= 15 is 0 Å². The van der Waals surface area contributed by atoms with E-state index in [0.29, 0.717) is 18.5 Å². The van der Waals surface area contributed by atoms with Crippen LogP contribution in [0.25, 0.3) is 11.0 Å². The number of amides is 1. The highest BCUT2D eigenvalue weighted by Crippen LogP contribution is 2.37. The highest BCUT2D eigenvalue weighted by atomic mass is 19.1. The maximum Gasteiger partial charge on any atom is 0.243 e. The number of rotatable bonds is 8. The molecule has 6 heteroatoms. The Morgan fingerprint density at radius 1 is 1.03 bits per heavy atom. The molecule has 0 aliphatic heterocycles. The zero-order chi connectivity index (χ0) is 24.9. The van der Waals surface area contributed by atoms with Crippen LogP contribution in [0.1, 0.15) is 88.6 Å². The molecule has 0 saturated heterocycles. The fraction of sp³-hybridized carbons (Fsp3) is 0.533. The molecule has 2 aliphatic carbocycles. The number of hydrogen-bond acceptors (Lipinski definition) is 3. The molecule has 3 aromatic rings. The average molecular weight is 492 g/mol. The van der Waals surface area contributed by atoms with E-state index in [4.69, 9.17) is 9.72 Å². The maximum absolute atomic E-state index is 14.2. The SMILES string of the molecule is CCOc1ccc(Cc2nc3cc(F)ccc3n2C(C(=O)NC2CCCCC2)C2CCCCC2)cc1. The van der Waals surface area contributed by atoms with Gasteiger partial charge in [-0.1, -0.05) is 50.7 Å². The summed E-state index contributed by atoms with van der Waals surface area (Å²) in [5, 5.41) is 3.42. The van der Waals surface area contributed by atoms with Gasteiger partial charge < -0.3 is 14.6 Å². The summed E-state index contributed by atoms with van der Waals surface area (Å²) in [4.78, 5) is 18.9. The van der Waals surface area contributed by atoms with Gasteiger partial charge in [-0.25, -0.2) is 9.37 Å². The van der Waals surface area contributed by atoms with Gasteiger partial charge in [-0.15, -0.1) is 0 Å². The van der Waals surface area contributed by atoms with E-state index < -0.39 is 0 Å². The van der Waals surface area contributed by atoms with Gasteiger partial charge in [-0.05, 0) is 68.4 Å². The number of nitrogens with zero attached hydrogens (tertiary/aromatic N) is 2. The zero-order valence-corrected chi connectivity index (χ0v) is 21.3. The Morgan fingerprint density at radius 3 is 2.42 bits per heavy atom. The Hall–Kier alpha value is -2.89. The molecule has 0 spiro atoms. The Balaban J connectivity index is 1.54. The molecular weight excluding hydrogens is 453 g/mol. The molecule has 0 bridgehead atoms. The number of carbonyl (C=O) groups excluding carboxylic acids is 1. The molecule has 2 fully saturated rings. The second-order valence-corrected chi connectivity index (χ2v) is 10.5. The van der Waals surface area contributed by atoms with Crippen LogP contribution in [-0.4, -0.2) is 28.1 Å². The summed E-state index contributed by atoms with van der Waals surface area (Å²) in [6, 6.07) is 12.7. The Kier molecular flexibility index (Phi) is 7.88. The van der Waals surface area contributed by atoms with E-state index in [1.807, 2.05) is 31.2 Å². The van der Waals surface area contributed by atoms with Gasteiger partial charge in [0, 0.05) is 18.5 Å². The molecule has 2 aliphatic rings. The number of hydrogen-bond donors (Lipinski definition) is 1. The van der Waals surface area contributed by atoms with Crippen molar-refractivity contribution in [3.8, 4) is 5.75 Å². The molecule has 36 heavy (non-hydrogen) atoms. The van der Waals surface area contributed by atoms with Crippen LogP contribution >= 0.6 is 0 Å². The van der Waals surface area contributed by atoms with Crippen LogP contribution in [-0.2, 0) is 11.2 Å². The summed E-state index contributed by atoms with van der Waals surface area (Å²) in [6.07, 6.45) is 11.9. The Bertz CT molecular complexity index is 1160. The van der Waals surface area contributed by atoms with Crippen LogP contribution in [0.5, 0.6) is 5.75 Å². The third kappa shape index (κ3) is 5.58. The average Bonchev–Trinajstić information content (AvgIpc) is 3.23. The fourth-order valence-corrected chi connectivity index (χ4v) is 6.14. The second kappa shape index (κ2) is 11.4. The van der Waals surface area contributed by atoms with E-state index in [2.05, 4.69) is 9.88 Å². The molecular formula is C30H38FN3O2. The van der Waals surface area contributed by atoms with Gasteiger partial charge in [0.1, 0.15) is 23.4 Å². The molecule has 2 saturated carbocycles. The Morgan fingerprint density at radius 2 is 1.72 bits per heavy atom. The van der Waals surface area contributed by atoms with Crippen molar-refractivity contribution in [2.75, 3.05) is 6.61 Å². The molecule has 1 atom stereocenters. The Labute approximate surface area is 213 Å². The molecule has 1 aromatic heterocycles. The molecule has 2 aromatic carbocycles. The minimum Gasteiger partial charge on any atom is -0.494 e. The highest BCUT2D eigenvalue weighted by molar-refractivity contribution is 5.85. The van der Waals surface area contributed by atoms with Gasteiger partial charge in [0.15, 0.2) is 0 Å². The molecule has 1 heterocycles. The number of ether oxygens (including phenoxy) is 1. The predicted molar refractivity (Wildman–Crippen MR) is 141 cm³/mol. The summed E-state index contributed by atoms with van der Waals surface area (Å²) >= 11 is 0. The third-order valence-corrected chi connectivity index (χ3v) is 7.92. The van der Waals surface area contributed by atoms with Crippen molar-refractivity contribution in [1.29, 1.82) is 0 Å². The van der Waals surface area contributed by atoms with Crippen molar-refractivity contribution < 1.29 is 13.9 Å². The zero-order valence-electron chi connectivity index (χ0n) is 21.3. The van der Waals surface area contributed by atoms with Gasteiger partial charge >= 0.3 is 0 Å². The second-order valence-electron chi connectivity index (χ2n) is 10.5. The topological polar surface area (TPSA) is 56.2 Å². The molecule has 0 radical (unpaired) electrons. The molecule has 1 amide bonds. The van der Waals surface area contributed by atoms with Crippen LogP contribution < -0.4 is 10.1 Å². The van der Waals surface area contributed by atoms with Crippen LogP contribution in [0, 0.1) is 11.7 Å². The van der Waals surface area contributed by atoms with E-state index in [9.17, 15) is 9.18 Å². The lowest BCUT2D eigenvalue weighted by molar-refractivity contribution is -0.127. The first-order chi connectivity index (χ1) is 17.6. The van der Waals surface area contributed by atoms with E-state index in [1.54, 1.807) is 6.07 Å². The number of carbonyl (C=O) groups is 1. The van der Waals surface area contributed by atoms with Crippen LogP contribution in [0.3, 0.4) is 0 Å². The van der Waals surface area contributed by atoms with E-state index in [-0.39, 0.29) is 29.7 Å². The first-order valence-electron chi connectivity index (χ1n) is 13.8. The minimum atomic E-state index is -0.333. The van der Waals surface area contributed by atoms with Gasteiger partial charge in [0.05, 0.1) is 17.6 Å². The fourth-order valence-electron chi connectivity index (χ4n) is 6.14. The molecule has 1 unspecified atom stereocenters. The van der Waals surface area contributed by atoms with Crippen molar-refractivity contribution in [3.63, 3.8) is 0 Å². The summed E-state index contributed by atoms with van der Waals surface area (Å²) in [5.74, 6) is 1.70. The normalized spacial score (nSPS) is 18.3. The van der Waals surface area contributed by atoms with Gasteiger partial charge in [0.2, 0.25) is 5.91 Å². The lowest BCUT2D eigenvalue weighted by Crippen LogP contribution is -2.43. The van der Waals surface area contributed by atoms with Crippen LogP contribution in [0.2, 0.25) is 0 Å². The van der Waals surface area contributed by atoms with Crippen molar-refractivity contribution >= 4 is 16.9 Å². The first kappa shape index (κ1) is 24.8. The molecule has 192 valence electrons. The molecule has 1 N–H and O–H groups in total. The highest BCUT2D eigenvalue weighted by Gasteiger charge is 2.35. The lowest BCUT2D eigenvalue weighted by Gasteiger charge is -2.33. The van der Waals surface area contributed by atoms with Crippen molar-refractivity contribution in [2.45, 2.75) is 89.6 Å². The minimum absolute atomic E-state index is 0.102. The summed E-state index contributed by atoms with van der Waals surface area (Å²) in [7, 11) is 0. The standard InChI is InChI=1S/C30H38FN3O2/c1-2-36-25-16-13-21(14-17-25)19-28-33-26-20-23(31)15-18-27(26)34(28)29(22-9-5-3-6-10-22)30(35)32-24-11-7-4-8-12-24/h13-18,20,22,24,29H,2-12,19H2,1H3,(H,32,35). The number of aromatic nitrogens is 2. The molecule has 5 nitrogen and oxygen atoms in total. The van der Waals surface area contributed by atoms with Gasteiger partial charge in [-0.3, -0.25) is 4.79 Å². The number of nitrogens with one attached hydrogen (secondary N) is 1. The van der Waals surface area contributed by atoms with E-state index in [1.165, 1.54) is 37.8 Å². The summed E-state index contributed by atoms with van der Waals surface area (Å²) < 4.78 is 21.9. The number of benzene rings is 2. The number of imidazole rings is 1. The largest absolute Gasteiger partial charge is 0.494 e. The van der Waals surface area contributed by atoms with E-state index in [0.717, 1.165) is 61.2 Å². The lowest BCUT2D eigenvalue weighted by atomic mass is 9.82. The van der Waals surface area contributed by atoms with Crippen molar-refractivity contribution in [2.24, 2.45) is 5.92 Å². The summed E-state index contributed by atoms with van der Waals surface area (Å²) in [5.41, 5.74) is 2.54. The van der Waals surface area contributed by atoms with Crippen molar-refractivity contribution in [1.82, 2.24) is 14.9 Å². The first-order valence-corrected chi connectivity index (χ1v) is 13.8. The van der Waals surface area contributed by atoms with Gasteiger partial charge in [0.25, 0.3) is 0 Å². The third-order valence-electron chi connectivity index (χ3n) is 7.92. The van der Waals surface area contributed by atoms with Crippen LogP contribution in [0.4, 0.5) is 4.39 Å². The monoisotopic (exact) mass is 491 g/mol. The van der Waals surface area contributed by atoms with Crippen LogP contribution in [0.15, 0.2) is 42.5 Å². The smallest absolute Gasteiger partial charge is 0.243 e.